The highest BCUT2D eigenvalue weighted by atomic mass is 19.1. The molecule has 106 valence electrons. The van der Waals surface area contributed by atoms with Gasteiger partial charge in [-0.1, -0.05) is 6.92 Å². The Kier molecular flexibility index (Phi) is 5.92. The molecule has 6 heteroatoms. The maximum Gasteiger partial charge on any atom is 0.239 e. The normalized spacial score (nSPS) is 10.1. The van der Waals surface area contributed by atoms with Crippen molar-refractivity contribution in [3.63, 3.8) is 0 Å². The van der Waals surface area contributed by atoms with Crippen molar-refractivity contribution in [2.24, 2.45) is 0 Å². The fourth-order valence-electron chi connectivity index (χ4n) is 1.49. The third-order valence-electron chi connectivity index (χ3n) is 2.42. The minimum Gasteiger partial charge on any atom is -0.491 e. The number of nitrogens with one attached hydrogen (secondary N) is 2. The molecule has 0 fully saturated rings. The second-order valence-corrected chi connectivity index (χ2v) is 4.01. The summed E-state index contributed by atoms with van der Waals surface area (Å²) < 4.78 is 18.6. The van der Waals surface area contributed by atoms with Gasteiger partial charge in [0.25, 0.3) is 0 Å². The number of hydrogen-bond donors (Lipinski definition) is 3. The van der Waals surface area contributed by atoms with E-state index in [1.807, 2.05) is 6.92 Å². The van der Waals surface area contributed by atoms with E-state index in [0.717, 1.165) is 6.42 Å². The van der Waals surface area contributed by atoms with Gasteiger partial charge in [-0.25, -0.2) is 4.39 Å². The highest BCUT2D eigenvalue weighted by Crippen LogP contribution is 2.28. The number of rotatable bonds is 7. The van der Waals surface area contributed by atoms with Crippen LogP contribution in [-0.2, 0) is 4.79 Å². The molecule has 0 saturated heterocycles. The zero-order chi connectivity index (χ0) is 14.3. The molecule has 0 atom stereocenters. The average Bonchev–Trinajstić information content (AvgIpc) is 2.38. The van der Waals surface area contributed by atoms with Crippen LogP contribution in [0.25, 0.3) is 0 Å². The molecule has 0 unspecified atom stereocenters. The van der Waals surface area contributed by atoms with E-state index in [2.05, 4.69) is 10.6 Å². The van der Waals surface area contributed by atoms with Gasteiger partial charge in [-0.15, -0.1) is 0 Å². The van der Waals surface area contributed by atoms with Crippen LogP contribution in [0.15, 0.2) is 12.1 Å². The quantitative estimate of drug-likeness (QED) is 0.659. The van der Waals surface area contributed by atoms with Crippen molar-refractivity contribution in [3.8, 4) is 5.75 Å². The van der Waals surface area contributed by atoms with E-state index in [-0.39, 0.29) is 23.9 Å². The summed E-state index contributed by atoms with van der Waals surface area (Å²) in [7, 11) is 0. The molecule has 0 aliphatic carbocycles. The number of carbonyl (C=O) groups is 1. The van der Waals surface area contributed by atoms with Crippen molar-refractivity contribution < 1.29 is 13.9 Å². The van der Waals surface area contributed by atoms with E-state index < -0.39 is 5.82 Å². The van der Waals surface area contributed by atoms with Gasteiger partial charge in [0.15, 0.2) is 11.6 Å². The van der Waals surface area contributed by atoms with Crippen LogP contribution in [0.5, 0.6) is 5.75 Å². The predicted molar refractivity (Wildman–Crippen MR) is 73.8 cm³/mol. The lowest BCUT2D eigenvalue weighted by Gasteiger charge is -2.12. The molecule has 0 bridgehead atoms. The van der Waals surface area contributed by atoms with Crippen LogP contribution >= 0.6 is 0 Å². The molecule has 5 nitrogen and oxygen atoms in total. The lowest BCUT2D eigenvalue weighted by atomic mass is 10.2. The van der Waals surface area contributed by atoms with E-state index in [1.165, 1.54) is 12.1 Å². The summed E-state index contributed by atoms with van der Waals surface area (Å²) in [5, 5.41) is 5.59. The predicted octanol–water partition coefficient (Wildman–Crippen LogP) is 1.74. The van der Waals surface area contributed by atoms with Crippen LogP contribution < -0.4 is 21.1 Å². The number of nitrogens with two attached hydrogens (primary N) is 1. The number of nitrogen functional groups attached to an aromatic ring is 1. The van der Waals surface area contributed by atoms with Crippen molar-refractivity contribution >= 4 is 17.3 Å². The molecule has 0 heterocycles. The first kappa shape index (κ1) is 15.1. The van der Waals surface area contributed by atoms with Crippen molar-refractivity contribution in [1.29, 1.82) is 0 Å². The van der Waals surface area contributed by atoms with Crippen molar-refractivity contribution in [2.45, 2.75) is 20.3 Å². The number of benzene rings is 1. The maximum atomic E-state index is 13.5. The molecule has 1 amide bonds. The standard InChI is InChI=1S/C13H20FN3O2/c1-3-5-16-13(18)8-17-11-7-12(19-4-2)9(14)6-10(11)15/h6-7,17H,3-5,8,15H2,1-2H3,(H,16,18). The Morgan fingerprint density at radius 3 is 2.79 bits per heavy atom. The molecule has 1 aromatic carbocycles. The summed E-state index contributed by atoms with van der Waals surface area (Å²) in [4.78, 5) is 11.4. The highest BCUT2D eigenvalue weighted by molar-refractivity contribution is 5.82. The Labute approximate surface area is 112 Å². The number of halogens is 1. The van der Waals surface area contributed by atoms with Gasteiger partial charge in [0.05, 0.1) is 24.5 Å². The second-order valence-electron chi connectivity index (χ2n) is 4.01. The Hall–Kier alpha value is -1.98. The summed E-state index contributed by atoms with van der Waals surface area (Å²) in [5.41, 5.74) is 6.41. The molecule has 0 radical (unpaired) electrons. The van der Waals surface area contributed by atoms with Crippen LogP contribution in [0.4, 0.5) is 15.8 Å². The van der Waals surface area contributed by atoms with Gasteiger partial charge in [-0.3, -0.25) is 4.79 Å². The molecular weight excluding hydrogens is 249 g/mol. The van der Waals surface area contributed by atoms with Crippen LogP contribution in [0.2, 0.25) is 0 Å². The topological polar surface area (TPSA) is 76.4 Å². The second kappa shape index (κ2) is 7.45. The van der Waals surface area contributed by atoms with E-state index in [0.29, 0.717) is 18.8 Å². The molecular formula is C13H20FN3O2. The van der Waals surface area contributed by atoms with Crippen molar-refractivity contribution in [3.05, 3.63) is 17.9 Å². The van der Waals surface area contributed by atoms with Gasteiger partial charge >= 0.3 is 0 Å². The number of ether oxygens (including phenoxy) is 1. The van der Waals surface area contributed by atoms with Crippen LogP contribution in [0.1, 0.15) is 20.3 Å². The van der Waals surface area contributed by atoms with Gasteiger partial charge in [-0.05, 0) is 13.3 Å². The largest absolute Gasteiger partial charge is 0.491 e. The Morgan fingerprint density at radius 2 is 2.16 bits per heavy atom. The third-order valence-corrected chi connectivity index (χ3v) is 2.42. The van der Waals surface area contributed by atoms with Gasteiger partial charge < -0.3 is 21.1 Å². The van der Waals surface area contributed by atoms with Gasteiger partial charge in [0.1, 0.15) is 0 Å². The van der Waals surface area contributed by atoms with Crippen LogP contribution in [-0.4, -0.2) is 25.6 Å². The lowest BCUT2D eigenvalue weighted by molar-refractivity contribution is -0.119. The lowest BCUT2D eigenvalue weighted by Crippen LogP contribution is -2.30. The number of anilines is 2. The smallest absolute Gasteiger partial charge is 0.239 e. The fourth-order valence-corrected chi connectivity index (χ4v) is 1.49. The Balaban J connectivity index is 2.67. The SMILES string of the molecule is CCCNC(=O)CNc1cc(OCC)c(F)cc1N. The average molecular weight is 269 g/mol. The van der Waals surface area contributed by atoms with Crippen LogP contribution in [0.3, 0.4) is 0 Å². The first-order valence-corrected chi connectivity index (χ1v) is 6.30. The van der Waals surface area contributed by atoms with Gasteiger partial charge in [-0.2, -0.15) is 0 Å². The van der Waals surface area contributed by atoms with E-state index in [1.54, 1.807) is 6.92 Å². The zero-order valence-corrected chi connectivity index (χ0v) is 11.3. The van der Waals surface area contributed by atoms with Crippen molar-refractivity contribution in [1.82, 2.24) is 5.32 Å². The minimum absolute atomic E-state index is 0.0847. The van der Waals surface area contributed by atoms with Gasteiger partial charge in [0.2, 0.25) is 5.91 Å². The maximum absolute atomic E-state index is 13.5. The summed E-state index contributed by atoms with van der Waals surface area (Å²) in [6, 6.07) is 2.64. The van der Waals surface area contributed by atoms with Crippen LogP contribution in [0, 0.1) is 5.82 Å². The molecule has 0 aliphatic rings. The molecule has 1 rings (SSSR count). The molecule has 19 heavy (non-hydrogen) atoms. The third kappa shape index (κ3) is 4.65. The van der Waals surface area contributed by atoms with E-state index in [9.17, 15) is 9.18 Å². The van der Waals surface area contributed by atoms with E-state index in [4.69, 9.17) is 10.5 Å². The van der Waals surface area contributed by atoms with E-state index >= 15 is 0 Å². The summed E-state index contributed by atoms with van der Waals surface area (Å²) in [5.74, 6) is -0.531. The summed E-state index contributed by atoms with van der Waals surface area (Å²) >= 11 is 0. The molecule has 0 aromatic heterocycles. The number of hydrogen-bond acceptors (Lipinski definition) is 4. The number of carbonyl (C=O) groups excluding carboxylic acids is 1. The minimum atomic E-state index is -0.514. The summed E-state index contributed by atoms with van der Waals surface area (Å²) in [6.07, 6.45) is 0.874. The molecule has 4 N–H and O–H groups in total. The van der Waals surface area contributed by atoms with Gasteiger partial charge in [0, 0.05) is 18.7 Å². The summed E-state index contributed by atoms with van der Waals surface area (Å²) in [6.45, 7) is 4.81. The zero-order valence-electron chi connectivity index (χ0n) is 11.3. The number of amides is 1. The Bertz CT molecular complexity index is 438. The molecule has 0 saturated carbocycles. The monoisotopic (exact) mass is 269 g/mol. The molecule has 1 aromatic rings. The van der Waals surface area contributed by atoms with Crippen molar-refractivity contribution in [2.75, 3.05) is 30.7 Å². The first-order chi connectivity index (χ1) is 9.08. The molecule has 0 spiro atoms. The highest BCUT2D eigenvalue weighted by Gasteiger charge is 2.09. The first-order valence-electron chi connectivity index (χ1n) is 6.30. The molecule has 0 aliphatic heterocycles. The Morgan fingerprint density at radius 1 is 1.42 bits per heavy atom. The fraction of sp³-hybridized carbons (Fsp3) is 0.462.